The van der Waals surface area contributed by atoms with E-state index in [4.69, 9.17) is 5.11 Å². The minimum atomic E-state index is -0.238. The molecule has 0 bridgehead atoms. The smallest absolute Gasteiger partial charge is 0.0552 e. The number of aliphatic hydroxyl groups excluding tert-OH is 1. The average molecular weight is 150 g/mol. The van der Waals surface area contributed by atoms with Gasteiger partial charge in [0.05, 0.1) is 6.10 Å². The first kappa shape index (κ1) is 8.28. The van der Waals surface area contributed by atoms with E-state index in [9.17, 15) is 0 Å². The maximum atomic E-state index is 9.08. The van der Waals surface area contributed by atoms with E-state index < -0.39 is 0 Å². The Balaban J connectivity index is 2.66. The van der Waals surface area contributed by atoms with Gasteiger partial charge in [-0.25, -0.2) is 0 Å². The molecule has 0 spiro atoms. The van der Waals surface area contributed by atoms with Crippen molar-refractivity contribution < 1.29 is 5.11 Å². The van der Waals surface area contributed by atoms with E-state index in [2.05, 4.69) is 31.2 Å². The number of aliphatic hydroxyl groups is 1. The first-order valence-electron chi connectivity index (χ1n) is 3.92. The molecule has 0 aromatic heterocycles. The molecule has 0 aliphatic rings. The fourth-order valence-corrected chi connectivity index (χ4v) is 1.07. The Hall–Kier alpha value is -0.820. The van der Waals surface area contributed by atoms with Gasteiger partial charge in [0.2, 0.25) is 0 Å². The molecule has 0 aliphatic heterocycles. The van der Waals surface area contributed by atoms with Crippen molar-refractivity contribution in [2.24, 2.45) is 0 Å². The van der Waals surface area contributed by atoms with Crippen LogP contribution in [-0.4, -0.2) is 11.2 Å². The van der Waals surface area contributed by atoms with Gasteiger partial charge in [0.25, 0.3) is 0 Å². The summed E-state index contributed by atoms with van der Waals surface area (Å²) in [5.74, 6) is 0. The van der Waals surface area contributed by atoms with Crippen LogP contribution in [0.3, 0.4) is 0 Å². The summed E-state index contributed by atoms with van der Waals surface area (Å²) in [4.78, 5) is 0. The van der Waals surface area contributed by atoms with Gasteiger partial charge in [0.1, 0.15) is 0 Å². The van der Waals surface area contributed by atoms with E-state index in [0.29, 0.717) is 0 Å². The number of aryl methyl sites for hydroxylation is 1. The van der Waals surface area contributed by atoms with E-state index >= 15 is 0 Å². The van der Waals surface area contributed by atoms with E-state index in [-0.39, 0.29) is 6.10 Å². The zero-order valence-corrected chi connectivity index (χ0v) is 7.04. The molecule has 1 aromatic rings. The highest BCUT2D eigenvalue weighted by Crippen LogP contribution is 2.05. The van der Waals surface area contributed by atoms with Crippen LogP contribution in [0, 0.1) is 6.92 Å². The lowest BCUT2D eigenvalue weighted by molar-refractivity contribution is 0.195. The first-order chi connectivity index (χ1) is 5.18. The molecule has 1 N–H and O–H groups in total. The first-order valence-corrected chi connectivity index (χ1v) is 3.92. The Morgan fingerprint density at radius 2 is 1.82 bits per heavy atom. The lowest BCUT2D eigenvalue weighted by Gasteiger charge is -2.03. The lowest BCUT2D eigenvalue weighted by atomic mass is 10.1. The van der Waals surface area contributed by atoms with Gasteiger partial charge in [-0.2, -0.15) is 0 Å². The summed E-state index contributed by atoms with van der Waals surface area (Å²) in [5, 5.41) is 9.08. The van der Waals surface area contributed by atoms with Crippen LogP contribution in [0.15, 0.2) is 24.3 Å². The van der Waals surface area contributed by atoms with E-state index in [1.165, 1.54) is 11.1 Å². The quantitative estimate of drug-likeness (QED) is 0.683. The van der Waals surface area contributed by atoms with Gasteiger partial charge in [0, 0.05) is 0 Å². The molecule has 1 heteroatoms. The molecule has 11 heavy (non-hydrogen) atoms. The number of hydrogen-bond donors (Lipinski definition) is 1. The molecule has 1 atom stereocenters. The van der Waals surface area contributed by atoms with Crippen LogP contribution in [0.2, 0.25) is 0 Å². The van der Waals surface area contributed by atoms with Crippen LogP contribution >= 0.6 is 0 Å². The SMILES string of the molecule is Cc1ccc(C[C@@H](C)O)cc1. The second-order valence-corrected chi connectivity index (χ2v) is 3.04. The minimum absolute atomic E-state index is 0.238. The van der Waals surface area contributed by atoms with Crippen LogP contribution in [0.4, 0.5) is 0 Å². The Labute approximate surface area is 67.7 Å². The van der Waals surface area contributed by atoms with Crippen molar-refractivity contribution in [3.63, 3.8) is 0 Å². The largest absolute Gasteiger partial charge is 0.393 e. The highest BCUT2D eigenvalue weighted by molar-refractivity contribution is 5.21. The van der Waals surface area contributed by atoms with E-state index in [1.807, 2.05) is 0 Å². The molecule has 0 radical (unpaired) electrons. The summed E-state index contributed by atoms with van der Waals surface area (Å²) in [6.45, 7) is 3.87. The van der Waals surface area contributed by atoms with Crippen molar-refractivity contribution in [3.8, 4) is 0 Å². The average Bonchev–Trinajstić information content (AvgIpc) is 1.93. The fourth-order valence-electron chi connectivity index (χ4n) is 1.07. The maximum Gasteiger partial charge on any atom is 0.0552 e. The third kappa shape index (κ3) is 2.72. The van der Waals surface area contributed by atoms with Gasteiger partial charge < -0.3 is 5.11 Å². The van der Waals surface area contributed by atoms with Crippen molar-refractivity contribution >= 4 is 0 Å². The predicted molar refractivity (Wildman–Crippen MR) is 46.6 cm³/mol. The summed E-state index contributed by atoms with van der Waals surface area (Å²) < 4.78 is 0. The molecule has 0 saturated heterocycles. The maximum absolute atomic E-state index is 9.08. The molecule has 0 saturated carbocycles. The second-order valence-electron chi connectivity index (χ2n) is 3.04. The Morgan fingerprint density at radius 3 is 2.27 bits per heavy atom. The molecule has 0 heterocycles. The molecular weight excluding hydrogens is 136 g/mol. The molecule has 60 valence electrons. The number of hydrogen-bond acceptors (Lipinski definition) is 1. The van der Waals surface area contributed by atoms with Crippen LogP contribution < -0.4 is 0 Å². The highest BCUT2D eigenvalue weighted by atomic mass is 16.3. The lowest BCUT2D eigenvalue weighted by Crippen LogP contribution is -2.03. The van der Waals surface area contributed by atoms with Gasteiger partial charge in [-0.15, -0.1) is 0 Å². The number of rotatable bonds is 2. The summed E-state index contributed by atoms with van der Waals surface area (Å²) in [6, 6.07) is 8.25. The van der Waals surface area contributed by atoms with Gasteiger partial charge in [0.15, 0.2) is 0 Å². The molecule has 1 rings (SSSR count). The van der Waals surface area contributed by atoms with Crippen molar-refractivity contribution in [1.82, 2.24) is 0 Å². The van der Waals surface area contributed by atoms with Crippen LogP contribution in [0.25, 0.3) is 0 Å². The van der Waals surface area contributed by atoms with Gasteiger partial charge >= 0.3 is 0 Å². The summed E-state index contributed by atoms with van der Waals surface area (Å²) in [7, 11) is 0. The fraction of sp³-hybridized carbons (Fsp3) is 0.400. The summed E-state index contributed by atoms with van der Waals surface area (Å²) >= 11 is 0. The Morgan fingerprint density at radius 1 is 1.27 bits per heavy atom. The topological polar surface area (TPSA) is 20.2 Å². The second kappa shape index (κ2) is 3.54. The molecule has 0 aliphatic carbocycles. The zero-order chi connectivity index (χ0) is 8.27. The predicted octanol–water partition coefficient (Wildman–Crippen LogP) is 1.92. The van der Waals surface area contributed by atoms with Gasteiger partial charge in [-0.3, -0.25) is 0 Å². The van der Waals surface area contributed by atoms with Crippen LogP contribution in [0.1, 0.15) is 18.1 Å². The summed E-state index contributed by atoms with van der Waals surface area (Å²) in [5.41, 5.74) is 2.46. The zero-order valence-electron chi connectivity index (χ0n) is 7.04. The van der Waals surface area contributed by atoms with Gasteiger partial charge in [-0.05, 0) is 25.8 Å². The third-order valence-electron chi connectivity index (χ3n) is 1.65. The molecule has 0 unspecified atom stereocenters. The molecule has 1 aromatic carbocycles. The Kier molecular flexibility index (Phi) is 2.66. The third-order valence-corrected chi connectivity index (χ3v) is 1.65. The van der Waals surface area contributed by atoms with Crippen molar-refractivity contribution in [2.45, 2.75) is 26.4 Å². The number of benzene rings is 1. The van der Waals surface area contributed by atoms with Crippen LogP contribution in [0.5, 0.6) is 0 Å². The normalized spacial score (nSPS) is 13.0. The standard InChI is InChI=1S/C10H14O/c1-8-3-5-10(6-4-8)7-9(2)11/h3-6,9,11H,7H2,1-2H3/t9-/m1/s1. The highest BCUT2D eigenvalue weighted by Gasteiger charge is 1.96. The minimum Gasteiger partial charge on any atom is -0.393 e. The molecule has 0 fully saturated rings. The van der Waals surface area contributed by atoms with Gasteiger partial charge in [-0.1, -0.05) is 29.8 Å². The molecular formula is C10H14O. The summed E-state index contributed by atoms with van der Waals surface area (Å²) in [6.07, 6.45) is 0.512. The Bertz CT molecular complexity index is 211. The molecule has 0 amide bonds. The van der Waals surface area contributed by atoms with Crippen molar-refractivity contribution in [3.05, 3.63) is 35.4 Å². The van der Waals surface area contributed by atoms with Crippen molar-refractivity contribution in [1.29, 1.82) is 0 Å². The molecule has 1 nitrogen and oxygen atoms in total. The van der Waals surface area contributed by atoms with Crippen LogP contribution in [-0.2, 0) is 6.42 Å². The van der Waals surface area contributed by atoms with E-state index in [0.717, 1.165) is 6.42 Å². The van der Waals surface area contributed by atoms with E-state index in [1.54, 1.807) is 6.92 Å². The monoisotopic (exact) mass is 150 g/mol. The van der Waals surface area contributed by atoms with Crippen molar-refractivity contribution in [2.75, 3.05) is 0 Å².